The molecule has 0 rings (SSSR count). The number of unbranched alkanes of at least 4 members (excludes halogenated alkanes) is 4. The number of Topliss-reactive ketones (excluding diaryl/α,β-unsaturated/α-hetero) is 1. The standard InChI is InChI=1S/C16H31NO2/c1-5-6-7-8-11-14(18)12-9-10-13-17-15(19)16(2,3)4/h5-13H2,1-4H3,(H,17,19). The number of rotatable bonds is 10. The summed E-state index contributed by atoms with van der Waals surface area (Å²) in [4.78, 5) is 23.2. The Bertz CT molecular complexity index is 266. The molecule has 0 fully saturated rings. The highest BCUT2D eigenvalue weighted by Gasteiger charge is 2.20. The fourth-order valence-electron chi connectivity index (χ4n) is 1.79. The highest BCUT2D eigenvalue weighted by atomic mass is 16.2. The van der Waals surface area contributed by atoms with Crippen LogP contribution in [-0.4, -0.2) is 18.2 Å². The highest BCUT2D eigenvalue weighted by Crippen LogP contribution is 2.12. The second kappa shape index (κ2) is 9.99. The van der Waals surface area contributed by atoms with Crippen LogP contribution in [0.2, 0.25) is 0 Å². The van der Waals surface area contributed by atoms with E-state index in [4.69, 9.17) is 0 Å². The van der Waals surface area contributed by atoms with Gasteiger partial charge in [0.05, 0.1) is 0 Å². The summed E-state index contributed by atoms with van der Waals surface area (Å²) in [5, 5.41) is 2.91. The average Bonchev–Trinajstić information content (AvgIpc) is 2.33. The molecule has 0 aliphatic heterocycles. The zero-order valence-corrected chi connectivity index (χ0v) is 13.2. The van der Waals surface area contributed by atoms with Gasteiger partial charge in [-0.05, 0) is 19.3 Å². The van der Waals surface area contributed by atoms with Crippen molar-refractivity contribution in [1.82, 2.24) is 5.32 Å². The van der Waals surface area contributed by atoms with E-state index in [9.17, 15) is 9.59 Å². The third kappa shape index (κ3) is 10.7. The molecule has 0 atom stereocenters. The number of hydrogen-bond donors (Lipinski definition) is 1. The maximum Gasteiger partial charge on any atom is 0.225 e. The Balaban J connectivity index is 3.44. The van der Waals surface area contributed by atoms with Crippen LogP contribution in [-0.2, 0) is 9.59 Å². The second-order valence-corrected chi connectivity index (χ2v) is 6.31. The summed E-state index contributed by atoms with van der Waals surface area (Å²) in [5.74, 6) is 0.455. The summed E-state index contributed by atoms with van der Waals surface area (Å²) in [6.07, 6.45) is 7.82. The van der Waals surface area contributed by atoms with E-state index in [1.807, 2.05) is 20.8 Å². The monoisotopic (exact) mass is 269 g/mol. The zero-order valence-electron chi connectivity index (χ0n) is 13.2. The molecule has 0 bridgehead atoms. The Morgan fingerprint density at radius 2 is 1.47 bits per heavy atom. The average molecular weight is 269 g/mol. The SMILES string of the molecule is CCCCCCC(=O)CCCCNC(=O)C(C)(C)C. The molecule has 0 saturated heterocycles. The lowest BCUT2D eigenvalue weighted by atomic mass is 9.95. The van der Waals surface area contributed by atoms with Crippen LogP contribution >= 0.6 is 0 Å². The first-order chi connectivity index (χ1) is 8.88. The minimum Gasteiger partial charge on any atom is -0.356 e. The summed E-state index contributed by atoms with van der Waals surface area (Å²) in [5.41, 5.74) is -0.324. The van der Waals surface area contributed by atoms with Crippen molar-refractivity contribution in [3.8, 4) is 0 Å². The van der Waals surface area contributed by atoms with Crippen LogP contribution < -0.4 is 5.32 Å². The molecule has 0 aromatic heterocycles. The number of carbonyl (C=O) groups excluding carboxylic acids is 2. The molecular formula is C16H31NO2. The third-order valence-electron chi connectivity index (χ3n) is 3.16. The molecule has 112 valence electrons. The van der Waals surface area contributed by atoms with Crippen molar-refractivity contribution in [3.63, 3.8) is 0 Å². The van der Waals surface area contributed by atoms with Gasteiger partial charge < -0.3 is 5.32 Å². The molecule has 0 heterocycles. The van der Waals surface area contributed by atoms with Crippen molar-refractivity contribution >= 4 is 11.7 Å². The van der Waals surface area contributed by atoms with Gasteiger partial charge in [0.15, 0.2) is 0 Å². The molecule has 3 nitrogen and oxygen atoms in total. The Kier molecular flexibility index (Phi) is 9.54. The van der Waals surface area contributed by atoms with E-state index in [0.29, 0.717) is 18.7 Å². The van der Waals surface area contributed by atoms with Crippen LogP contribution in [0.15, 0.2) is 0 Å². The molecule has 0 saturated carbocycles. The fraction of sp³-hybridized carbons (Fsp3) is 0.875. The molecule has 0 aromatic rings. The topological polar surface area (TPSA) is 46.2 Å². The predicted molar refractivity (Wildman–Crippen MR) is 80.1 cm³/mol. The number of hydrogen-bond acceptors (Lipinski definition) is 2. The van der Waals surface area contributed by atoms with E-state index in [-0.39, 0.29) is 11.3 Å². The minimum absolute atomic E-state index is 0.0818. The van der Waals surface area contributed by atoms with E-state index >= 15 is 0 Å². The van der Waals surface area contributed by atoms with E-state index in [0.717, 1.165) is 25.7 Å². The first-order valence-corrected chi connectivity index (χ1v) is 7.68. The lowest BCUT2D eigenvalue weighted by Gasteiger charge is -2.17. The van der Waals surface area contributed by atoms with Crippen LogP contribution in [0.25, 0.3) is 0 Å². The molecule has 0 aliphatic rings. The second-order valence-electron chi connectivity index (χ2n) is 6.31. The minimum atomic E-state index is -0.324. The zero-order chi connectivity index (χ0) is 14.7. The first-order valence-electron chi connectivity index (χ1n) is 7.68. The van der Waals surface area contributed by atoms with Crippen LogP contribution in [0.1, 0.15) is 79.1 Å². The van der Waals surface area contributed by atoms with Gasteiger partial charge in [0.1, 0.15) is 5.78 Å². The van der Waals surface area contributed by atoms with E-state index in [2.05, 4.69) is 12.2 Å². The first kappa shape index (κ1) is 18.1. The molecule has 0 radical (unpaired) electrons. The van der Waals surface area contributed by atoms with Gasteiger partial charge >= 0.3 is 0 Å². The summed E-state index contributed by atoms with van der Waals surface area (Å²) in [7, 11) is 0. The van der Waals surface area contributed by atoms with E-state index in [1.165, 1.54) is 19.3 Å². The van der Waals surface area contributed by atoms with Crippen molar-refractivity contribution in [2.24, 2.45) is 5.41 Å². The van der Waals surface area contributed by atoms with Crippen molar-refractivity contribution in [3.05, 3.63) is 0 Å². The maximum atomic E-state index is 11.6. The van der Waals surface area contributed by atoms with Gasteiger partial charge in [0.2, 0.25) is 5.91 Å². The van der Waals surface area contributed by atoms with Gasteiger partial charge in [0.25, 0.3) is 0 Å². The molecular weight excluding hydrogens is 238 g/mol. The summed E-state index contributed by atoms with van der Waals surface area (Å²) in [6, 6.07) is 0. The van der Waals surface area contributed by atoms with E-state index in [1.54, 1.807) is 0 Å². The quantitative estimate of drug-likeness (QED) is 0.612. The number of carbonyl (C=O) groups is 2. The molecule has 1 amide bonds. The lowest BCUT2D eigenvalue weighted by molar-refractivity contribution is -0.128. The summed E-state index contributed by atoms with van der Waals surface area (Å²) >= 11 is 0. The van der Waals surface area contributed by atoms with Gasteiger partial charge in [-0.2, -0.15) is 0 Å². The Morgan fingerprint density at radius 1 is 0.895 bits per heavy atom. The highest BCUT2D eigenvalue weighted by molar-refractivity contribution is 5.81. The Hall–Kier alpha value is -0.860. The number of ketones is 1. The molecule has 0 aliphatic carbocycles. The molecule has 0 unspecified atom stereocenters. The molecule has 3 heteroatoms. The molecule has 0 aromatic carbocycles. The summed E-state index contributed by atoms with van der Waals surface area (Å²) < 4.78 is 0. The van der Waals surface area contributed by atoms with Gasteiger partial charge in [0, 0.05) is 24.8 Å². The number of amides is 1. The van der Waals surface area contributed by atoms with Crippen molar-refractivity contribution in [2.45, 2.75) is 79.1 Å². The Morgan fingerprint density at radius 3 is 2.00 bits per heavy atom. The normalized spacial score (nSPS) is 11.4. The van der Waals surface area contributed by atoms with Gasteiger partial charge in [-0.3, -0.25) is 9.59 Å². The maximum absolute atomic E-state index is 11.6. The smallest absolute Gasteiger partial charge is 0.225 e. The van der Waals surface area contributed by atoms with E-state index < -0.39 is 0 Å². The van der Waals surface area contributed by atoms with Crippen LogP contribution in [0.5, 0.6) is 0 Å². The van der Waals surface area contributed by atoms with Crippen LogP contribution in [0, 0.1) is 5.41 Å². The molecule has 19 heavy (non-hydrogen) atoms. The van der Waals surface area contributed by atoms with Crippen molar-refractivity contribution < 1.29 is 9.59 Å². The largest absolute Gasteiger partial charge is 0.356 e. The lowest BCUT2D eigenvalue weighted by Crippen LogP contribution is -2.35. The van der Waals surface area contributed by atoms with Gasteiger partial charge in [-0.15, -0.1) is 0 Å². The van der Waals surface area contributed by atoms with Gasteiger partial charge in [-0.25, -0.2) is 0 Å². The Labute approximate surface area is 118 Å². The van der Waals surface area contributed by atoms with Crippen LogP contribution in [0.4, 0.5) is 0 Å². The van der Waals surface area contributed by atoms with Crippen LogP contribution in [0.3, 0.4) is 0 Å². The molecule has 0 spiro atoms. The van der Waals surface area contributed by atoms with Gasteiger partial charge in [-0.1, -0.05) is 47.0 Å². The third-order valence-corrected chi connectivity index (χ3v) is 3.16. The number of nitrogens with one attached hydrogen (secondary N) is 1. The summed E-state index contributed by atoms with van der Waals surface area (Å²) in [6.45, 7) is 8.57. The predicted octanol–water partition coefficient (Wildman–Crippen LogP) is 3.86. The van der Waals surface area contributed by atoms with Crippen molar-refractivity contribution in [2.75, 3.05) is 6.54 Å². The molecule has 1 N–H and O–H groups in total. The van der Waals surface area contributed by atoms with Crippen molar-refractivity contribution in [1.29, 1.82) is 0 Å². The fourth-order valence-corrected chi connectivity index (χ4v) is 1.79.